The summed E-state index contributed by atoms with van der Waals surface area (Å²) in [5, 5.41) is 3.23. The number of aryl methyl sites for hydroxylation is 1. The van der Waals surface area contributed by atoms with Gasteiger partial charge in [-0.3, -0.25) is 13.9 Å². The van der Waals surface area contributed by atoms with Crippen molar-refractivity contribution in [3.8, 4) is 11.5 Å². The van der Waals surface area contributed by atoms with E-state index in [4.69, 9.17) is 9.47 Å². The van der Waals surface area contributed by atoms with Crippen LogP contribution in [0, 0.1) is 6.92 Å². The second-order valence-electron chi connectivity index (χ2n) is 11.6. The summed E-state index contributed by atoms with van der Waals surface area (Å²) in [6.07, 6.45) is 5.92. The first kappa shape index (κ1) is 31.4. The summed E-state index contributed by atoms with van der Waals surface area (Å²) < 4.78 is 37.7. The Hall–Kier alpha value is -4.05. The Kier molecular flexibility index (Phi) is 10.1. The standard InChI is InChI=1S/C34H41N3O6S/c1-25-11-6-7-14-27(25)23-36(30(21-26-12-4-3-5-13-26)34(39)35-28-15-8-9-16-28)33(38)17-10-20-37(44(2,40)41)29-18-19-31-32(22-29)43-24-42-31/h3-7,11-14,18-19,22,28,30H,8-10,15-17,20-21,23-24H2,1-2H3,(H,35,39)/t30-/m1/s1. The van der Waals surface area contributed by atoms with Crippen molar-refractivity contribution in [2.75, 3.05) is 23.9 Å². The number of benzene rings is 3. The second-order valence-corrected chi connectivity index (χ2v) is 13.5. The summed E-state index contributed by atoms with van der Waals surface area (Å²) in [6, 6.07) is 22.0. The molecule has 234 valence electrons. The van der Waals surface area contributed by atoms with E-state index in [2.05, 4.69) is 5.32 Å². The molecule has 3 aromatic rings. The van der Waals surface area contributed by atoms with E-state index in [0.29, 0.717) is 23.6 Å². The molecule has 0 bridgehead atoms. The molecule has 1 aliphatic carbocycles. The van der Waals surface area contributed by atoms with Gasteiger partial charge in [-0.1, -0.05) is 67.4 Å². The molecule has 1 N–H and O–H groups in total. The van der Waals surface area contributed by atoms with Crippen LogP contribution in [0.25, 0.3) is 0 Å². The number of amides is 2. The first-order valence-electron chi connectivity index (χ1n) is 15.2. The number of hydrogen-bond acceptors (Lipinski definition) is 6. The van der Waals surface area contributed by atoms with Crippen LogP contribution in [0.15, 0.2) is 72.8 Å². The molecule has 0 aromatic heterocycles. The number of hydrogen-bond donors (Lipinski definition) is 1. The zero-order valence-corrected chi connectivity index (χ0v) is 26.2. The minimum atomic E-state index is -3.64. The Labute approximate surface area is 260 Å². The molecule has 10 heteroatoms. The number of anilines is 1. The number of carbonyl (C=O) groups excluding carboxylic acids is 2. The number of nitrogens with one attached hydrogen (secondary N) is 1. The fourth-order valence-electron chi connectivity index (χ4n) is 5.94. The van der Waals surface area contributed by atoms with E-state index in [9.17, 15) is 18.0 Å². The van der Waals surface area contributed by atoms with E-state index < -0.39 is 16.1 Å². The van der Waals surface area contributed by atoms with E-state index >= 15 is 0 Å². The molecule has 1 atom stereocenters. The lowest BCUT2D eigenvalue weighted by atomic mass is 10.0. The fourth-order valence-corrected chi connectivity index (χ4v) is 6.89. The fraction of sp³-hybridized carbons (Fsp3) is 0.412. The van der Waals surface area contributed by atoms with Gasteiger partial charge in [0.15, 0.2) is 11.5 Å². The zero-order valence-electron chi connectivity index (χ0n) is 25.4. The Morgan fingerprint density at radius 2 is 1.66 bits per heavy atom. The van der Waals surface area contributed by atoms with Gasteiger partial charge in [-0.05, 0) is 55.0 Å². The molecule has 1 fully saturated rings. The van der Waals surface area contributed by atoms with Gasteiger partial charge in [-0.25, -0.2) is 8.42 Å². The predicted octanol–water partition coefficient (Wildman–Crippen LogP) is 4.97. The van der Waals surface area contributed by atoms with Crippen LogP contribution in [0.1, 0.15) is 55.2 Å². The van der Waals surface area contributed by atoms with Gasteiger partial charge in [0, 0.05) is 38.0 Å². The minimum absolute atomic E-state index is 0.0739. The Balaban J connectivity index is 1.38. The van der Waals surface area contributed by atoms with E-state index in [1.165, 1.54) is 4.31 Å². The second kappa shape index (κ2) is 14.2. The molecule has 44 heavy (non-hydrogen) atoms. The van der Waals surface area contributed by atoms with Crippen molar-refractivity contribution < 1.29 is 27.5 Å². The number of rotatable bonds is 13. The molecule has 0 radical (unpaired) electrons. The highest BCUT2D eigenvalue weighted by molar-refractivity contribution is 7.92. The molecule has 9 nitrogen and oxygen atoms in total. The molecule has 1 saturated carbocycles. The topological polar surface area (TPSA) is 105 Å². The maximum Gasteiger partial charge on any atom is 0.243 e. The third-order valence-corrected chi connectivity index (χ3v) is 9.56. The van der Waals surface area contributed by atoms with Gasteiger partial charge in [0.25, 0.3) is 0 Å². The monoisotopic (exact) mass is 619 g/mol. The van der Waals surface area contributed by atoms with Crippen LogP contribution in [0.3, 0.4) is 0 Å². The highest BCUT2D eigenvalue weighted by atomic mass is 32.2. The first-order valence-corrected chi connectivity index (χ1v) is 17.1. The molecule has 0 saturated heterocycles. The lowest BCUT2D eigenvalue weighted by Gasteiger charge is -2.33. The molecule has 1 heterocycles. The largest absolute Gasteiger partial charge is 0.454 e. The summed E-state index contributed by atoms with van der Waals surface area (Å²) in [6.45, 7) is 2.46. The number of sulfonamides is 1. The Morgan fingerprint density at radius 1 is 0.955 bits per heavy atom. The number of nitrogens with zero attached hydrogens (tertiary/aromatic N) is 2. The van der Waals surface area contributed by atoms with Crippen LogP contribution in [0.2, 0.25) is 0 Å². The van der Waals surface area contributed by atoms with Crippen LogP contribution in [-0.4, -0.2) is 56.8 Å². The van der Waals surface area contributed by atoms with Gasteiger partial charge in [0.2, 0.25) is 28.6 Å². The highest BCUT2D eigenvalue weighted by Crippen LogP contribution is 2.36. The van der Waals surface area contributed by atoms with E-state index in [1.54, 1.807) is 23.1 Å². The lowest BCUT2D eigenvalue weighted by Crippen LogP contribution is -2.52. The maximum absolute atomic E-state index is 14.1. The van der Waals surface area contributed by atoms with E-state index in [-0.39, 0.29) is 50.6 Å². The molecule has 3 aromatic carbocycles. The third kappa shape index (κ3) is 7.91. The lowest BCUT2D eigenvalue weighted by molar-refractivity contribution is -0.141. The summed E-state index contributed by atoms with van der Waals surface area (Å²) >= 11 is 0. The third-order valence-electron chi connectivity index (χ3n) is 8.37. The van der Waals surface area contributed by atoms with Crippen molar-refractivity contribution in [2.24, 2.45) is 0 Å². The van der Waals surface area contributed by atoms with Gasteiger partial charge < -0.3 is 19.7 Å². The van der Waals surface area contributed by atoms with Gasteiger partial charge in [-0.15, -0.1) is 0 Å². The number of fused-ring (bicyclic) bond motifs is 1. The first-order chi connectivity index (χ1) is 21.2. The van der Waals surface area contributed by atoms with Crippen molar-refractivity contribution in [3.63, 3.8) is 0 Å². The average molecular weight is 620 g/mol. The molecule has 0 spiro atoms. The van der Waals surface area contributed by atoms with Crippen LogP contribution in [0.4, 0.5) is 5.69 Å². The number of ether oxygens (including phenoxy) is 2. The van der Waals surface area contributed by atoms with Crippen LogP contribution < -0.4 is 19.1 Å². The van der Waals surface area contributed by atoms with Crippen LogP contribution >= 0.6 is 0 Å². The van der Waals surface area contributed by atoms with Gasteiger partial charge >= 0.3 is 0 Å². The molecule has 5 rings (SSSR count). The SMILES string of the molecule is Cc1ccccc1CN(C(=O)CCCN(c1ccc2c(c1)OCO2)S(C)(=O)=O)[C@H](Cc1ccccc1)C(=O)NC1CCCC1. The summed E-state index contributed by atoms with van der Waals surface area (Å²) in [5.74, 6) is 0.689. The van der Waals surface area contributed by atoms with Crippen molar-refractivity contribution in [3.05, 3.63) is 89.5 Å². The van der Waals surface area contributed by atoms with E-state index in [1.807, 2.05) is 61.5 Å². The Morgan fingerprint density at radius 3 is 2.39 bits per heavy atom. The average Bonchev–Trinajstić information content (AvgIpc) is 3.69. The molecule has 0 unspecified atom stereocenters. The molecular formula is C34H41N3O6S. The predicted molar refractivity (Wildman–Crippen MR) is 170 cm³/mol. The number of carbonyl (C=O) groups is 2. The highest BCUT2D eigenvalue weighted by Gasteiger charge is 2.32. The zero-order chi connectivity index (χ0) is 31.1. The molecule has 2 amide bonds. The summed E-state index contributed by atoms with van der Waals surface area (Å²) in [4.78, 5) is 29.7. The summed E-state index contributed by atoms with van der Waals surface area (Å²) in [5.41, 5.74) is 3.41. The van der Waals surface area contributed by atoms with Gasteiger partial charge in [-0.2, -0.15) is 0 Å². The Bertz CT molecular complexity index is 1560. The quantitative estimate of drug-likeness (QED) is 0.290. The van der Waals surface area contributed by atoms with Crippen molar-refractivity contribution in [1.82, 2.24) is 10.2 Å². The maximum atomic E-state index is 14.1. The van der Waals surface area contributed by atoms with Gasteiger partial charge in [0.1, 0.15) is 6.04 Å². The van der Waals surface area contributed by atoms with Gasteiger partial charge in [0.05, 0.1) is 11.9 Å². The smallest absolute Gasteiger partial charge is 0.243 e. The molecule has 1 aliphatic heterocycles. The van der Waals surface area contributed by atoms with Crippen molar-refractivity contribution in [2.45, 2.75) is 70.5 Å². The molecule has 2 aliphatic rings. The van der Waals surface area contributed by atoms with Crippen LogP contribution in [-0.2, 0) is 32.6 Å². The van der Waals surface area contributed by atoms with Crippen molar-refractivity contribution in [1.29, 1.82) is 0 Å². The summed E-state index contributed by atoms with van der Waals surface area (Å²) in [7, 11) is -3.64. The minimum Gasteiger partial charge on any atom is -0.454 e. The van der Waals surface area contributed by atoms with E-state index in [0.717, 1.165) is 48.6 Å². The van der Waals surface area contributed by atoms with Crippen LogP contribution in [0.5, 0.6) is 11.5 Å². The normalized spacial score (nSPS) is 15.1. The van der Waals surface area contributed by atoms with Crippen molar-refractivity contribution >= 4 is 27.5 Å². The molecular weight excluding hydrogens is 578 g/mol.